The van der Waals surface area contributed by atoms with E-state index in [0.29, 0.717) is 0 Å². The Kier molecular flexibility index (Phi) is 3.31. The van der Waals surface area contributed by atoms with Gasteiger partial charge in [0.05, 0.1) is 0 Å². The topological polar surface area (TPSA) is 101 Å². The van der Waals surface area contributed by atoms with Gasteiger partial charge in [-0.2, -0.15) is 0 Å². The van der Waals surface area contributed by atoms with E-state index in [2.05, 4.69) is 0 Å². The van der Waals surface area contributed by atoms with E-state index >= 15 is 0 Å². The Balaban J connectivity index is 1.51. The fourth-order valence-electron chi connectivity index (χ4n) is 3.16. The van der Waals surface area contributed by atoms with Gasteiger partial charge in [-0.3, -0.25) is 0 Å². The Labute approximate surface area is 137 Å². The van der Waals surface area contributed by atoms with Crippen LogP contribution in [0.1, 0.15) is 24.2 Å². The van der Waals surface area contributed by atoms with Crippen LogP contribution in [0.25, 0.3) is 0 Å². The maximum absolute atomic E-state index is 12.2. The first-order valence-electron chi connectivity index (χ1n) is 7.56. The molecule has 5 atom stereocenters. The monoisotopic (exact) mass is 336 g/mol. The average Bonchev–Trinajstić information content (AvgIpc) is 3.08. The van der Waals surface area contributed by atoms with Gasteiger partial charge >= 0.3 is 11.9 Å². The fourth-order valence-corrected chi connectivity index (χ4v) is 3.16. The number of carbonyl (C=O) groups excluding carboxylic acids is 2. The molecule has 0 bridgehead atoms. The molecule has 0 spiro atoms. The van der Waals surface area contributed by atoms with E-state index in [1.165, 1.54) is 12.1 Å². The second kappa shape index (κ2) is 5.17. The zero-order valence-electron chi connectivity index (χ0n) is 13.0. The zero-order valence-corrected chi connectivity index (χ0v) is 13.0. The van der Waals surface area contributed by atoms with Crippen molar-refractivity contribution in [2.24, 2.45) is 0 Å². The van der Waals surface area contributed by atoms with Crippen molar-refractivity contribution in [1.29, 1.82) is 0 Å². The van der Waals surface area contributed by atoms with E-state index in [9.17, 15) is 14.7 Å². The maximum Gasteiger partial charge on any atom is 0.350 e. The minimum atomic E-state index is -1.23. The van der Waals surface area contributed by atoms with Crippen LogP contribution in [0.15, 0.2) is 24.3 Å². The first-order chi connectivity index (χ1) is 11.4. The lowest BCUT2D eigenvalue weighted by molar-refractivity contribution is -0.214. The number of hydrogen-bond acceptors (Lipinski definition) is 8. The molecular formula is C16H16O8. The molecule has 0 amide bonds. The van der Waals surface area contributed by atoms with Crippen molar-refractivity contribution in [3.8, 4) is 5.75 Å². The van der Waals surface area contributed by atoms with Crippen LogP contribution < -0.4 is 0 Å². The summed E-state index contributed by atoms with van der Waals surface area (Å²) in [6.07, 6.45) is -4.00. The molecule has 3 aliphatic rings. The molecule has 3 saturated heterocycles. The molecule has 24 heavy (non-hydrogen) atoms. The van der Waals surface area contributed by atoms with Gasteiger partial charge in [-0.25, -0.2) is 9.59 Å². The summed E-state index contributed by atoms with van der Waals surface area (Å²) >= 11 is 0. The number of fused-ring (bicyclic) bond motifs is 3. The summed E-state index contributed by atoms with van der Waals surface area (Å²) in [6.45, 7) is 3.46. The third-order valence-electron chi connectivity index (χ3n) is 4.17. The Morgan fingerprint density at radius 1 is 1.17 bits per heavy atom. The van der Waals surface area contributed by atoms with Crippen LogP contribution >= 0.6 is 0 Å². The minimum absolute atomic E-state index is 0.0411. The zero-order chi connectivity index (χ0) is 17.1. The van der Waals surface area contributed by atoms with Crippen molar-refractivity contribution in [2.45, 2.75) is 50.3 Å². The highest BCUT2D eigenvalue weighted by atomic mass is 16.8. The first-order valence-corrected chi connectivity index (χ1v) is 7.56. The second-order valence-corrected chi connectivity index (χ2v) is 6.31. The van der Waals surface area contributed by atoms with E-state index in [-0.39, 0.29) is 11.3 Å². The van der Waals surface area contributed by atoms with Gasteiger partial charge in [0.2, 0.25) is 6.10 Å². The van der Waals surface area contributed by atoms with Crippen molar-refractivity contribution in [3.05, 3.63) is 29.8 Å². The molecule has 0 aromatic heterocycles. The summed E-state index contributed by atoms with van der Waals surface area (Å²) in [7, 11) is 0. The molecule has 1 N–H and O–H groups in total. The SMILES string of the molecule is CC1(C)OC2OC3C(OC(=O)c4ccccc4O)C(=O)OC3C2O1. The Morgan fingerprint density at radius 3 is 2.67 bits per heavy atom. The maximum atomic E-state index is 12.2. The Morgan fingerprint density at radius 2 is 1.92 bits per heavy atom. The molecule has 3 heterocycles. The molecule has 0 saturated carbocycles. The van der Waals surface area contributed by atoms with Crippen LogP contribution in [0.3, 0.4) is 0 Å². The number of esters is 2. The number of benzene rings is 1. The van der Waals surface area contributed by atoms with Gasteiger partial charge in [0.1, 0.15) is 17.4 Å². The summed E-state index contributed by atoms with van der Waals surface area (Å²) in [5.41, 5.74) is -0.0411. The van der Waals surface area contributed by atoms with Crippen LogP contribution in [-0.4, -0.2) is 53.5 Å². The summed E-state index contributed by atoms with van der Waals surface area (Å²) in [5, 5.41) is 9.71. The van der Waals surface area contributed by atoms with Crippen molar-refractivity contribution in [1.82, 2.24) is 0 Å². The molecule has 3 fully saturated rings. The van der Waals surface area contributed by atoms with E-state index in [0.717, 1.165) is 0 Å². The lowest BCUT2D eigenvalue weighted by atomic mass is 10.1. The Bertz CT molecular complexity index is 699. The van der Waals surface area contributed by atoms with Crippen molar-refractivity contribution in [2.75, 3.05) is 0 Å². The molecule has 5 unspecified atom stereocenters. The number of rotatable bonds is 2. The second-order valence-electron chi connectivity index (χ2n) is 6.31. The molecule has 4 rings (SSSR count). The third-order valence-corrected chi connectivity index (χ3v) is 4.17. The highest BCUT2D eigenvalue weighted by Gasteiger charge is 2.64. The molecule has 8 nitrogen and oxygen atoms in total. The summed E-state index contributed by atoms with van der Waals surface area (Å²) in [4.78, 5) is 24.2. The number of phenolic OH excluding ortho intramolecular Hbond substituents is 1. The predicted molar refractivity (Wildman–Crippen MR) is 75.9 cm³/mol. The molecule has 0 radical (unpaired) electrons. The molecular weight excluding hydrogens is 320 g/mol. The van der Waals surface area contributed by atoms with Crippen LogP contribution in [0, 0.1) is 0 Å². The van der Waals surface area contributed by atoms with Gasteiger partial charge in [0.25, 0.3) is 0 Å². The lowest BCUT2D eigenvalue weighted by Gasteiger charge is -2.21. The van der Waals surface area contributed by atoms with Gasteiger partial charge in [-0.1, -0.05) is 12.1 Å². The molecule has 3 aliphatic heterocycles. The molecule has 1 aromatic rings. The number of aromatic hydroxyl groups is 1. The minimum Gasteiger partial charge on any atom is -0.507 e. The van der Waals surface area contributed by atoms with Crippen LogP contribution in [0.2, 0.25) is 0 Å². The molecule has 8 heteroatoms. The highest BCUT2D eigenvalue weighted by molar-refractivity contribution is 5.94. The van der Waals surface area contributed by atoms with E-state index in [1.54, 1.807) is 26.0 Å². The number of ether oxygens (including phenoxy) is 5. The molecule has 1 aromatic carbocycles. The van der Waals surface area contributed by atoms with E-state index in [1.807, 2.05) is 0 Å². The van der Waals surface area contributed by atoms with Gasteiger partial charge in [-0.05, 0) is 26.0 Å². The quantitative estimate of drug-likeness (QED) is 0.789. The largest absolute Gasteiger partial charge is 0.507 e. The summed E-state index contributed by atoms with van der Waals surface area (Å²) < 4.78 is 27.4. The predicted octanol–water partition coefficient (Wildman–Crippen LogP) is 0.719. The first kappa shape index (κ1) is 15.4. The van der Waals surface area contributed by atoms with Gasteiger partial charge < -0.3 is 28.8 Å². The number of phenols is 1. The van der Waals surface area contributed by atoms with E-state index in [4.69, 9.17) is 23.7 Å². The summed E-state index contributed by atoms with van der Waals surface area (Å²) in [5.74, 6) is -2.61. The van der Waals surface area contributed by atoms with Crippen molar-refractivity contribution < 1.29 is 38.4 Å². The average molecular weight is 336 g/mol. The van der Waals surface area contributed by atoms with Crippen molar-refractivity contribution in [3.63, 3.8) is 0 Å². The number of para-hydroxylation sites is 1. The van der Waals surface area contributed by atoms with Crippen molar-refractivity contribution >= 4 is 11.9 Å². The Hall–Kier alpha value is -2.16. The highest BCUT2D eigenvalue weighted by Crippen LogP contribution is 2.43. The van der Waals surface area contributed by atoms with Gasteiger partial charge in [-0.15, -0.1) is 0 Å². The third kappa shape index (κ3) is 2.34. The summed E-state index contributed by atoms with van der Waals surface area (Å²) in [6, 6.07) is 5.90. The molecule has 128 valence electrons. The van der Waals surface area contributed by atoms with Crippen LogP contribution in [-0.2, 0) is 28.5 Å². The molecule has 0 aliphatic carbocycles. The van der Waals surface area contributed by atoms with Crippen LogP contribution in [0.4, 0.5) is 0 Å². The van der Waals surface area contributed by atoms with Gasteiger partial charge in [0, 0.05) is 0 Å². The number of carbonyl (C=O) groups is 2. The van der Waals surface area contributed by atoms with Crippen LogP contribution in [0.5, 0.6) is 5.75 Å². The smallest absolute Gasteiger partial charge is 0.350 e. The fraction of sp³-hybridized carbons (Fsp3) is 0.500. The van der Waals surface area contributed by atoms with E-state index < -0.39 is 48.4 Å². The standard InChI is InChI=1S/C16H16O8/c1-16(2)23-12-10-9(22-15(12)24-16)11(14(19)20-10)21-13(18)7-5-3-4-6-8(7)17/h3-6,9-12,15,17H,1-2H3. The van der Waals surface area contributed by atoms with Gasteiger partial charge in [0.15, 0.2) is 24.3 Å². The normalized spacial score (nSPS) is 36.1. The number of hydrogen-bond donors (Lipinski definition) is 1. The lowest BCUT2D eigenvalue weighted by Crippen LogP contribution is -2.37.